The number of para-hydroxylation sites is 2. The second-order valence-corrected chi connectivity index (χ2v) is 15.1. The van der Waals surface area contributed by atoms with Gasteiger partial charge in [0.05, 0.1) is 16.6 Å². The molecule has 4 aromatic heterocycles. The molecule has 13 heteroatoms. The summed E-state index contributed by atoms with van der Waals surface area (Å²) in [6.45, 7) is 0. The van der Waals surface area contributed by atoms with Gasteiger partial charge in [0.15, 0.2) is 11.6 Å². The third-order valence-corrected chi connectivity index (χ3v) is 10.6. The van der Waals surface area contributed by atoms with Gasteiger partial charge in [0, 0.05) is 69.4 Å². The van der Waals surface area contributed by atoms with Crippen LogP contribution in [0.15, 0.2) is 168 Å². The highest BCUT2D eigenvalue weighted by atomic mass is 16.4. The third kappa shape index (κ3) is 9.92. The summed E-state index contributed by atoms with van der Waals surface area (Å²) in [6, 6.07) is 34.6. The van der Waals surface area contributed by atoms with E-state index in [4.69, 9.17) is 10.0 Å². The lowest BCUT2D eigenvalue weighted by atomic mass is 9.84. The molecule has 10 rings (SSSR count). The van der Waals surface area contributed by atoms with Gasteiger partial charge in [0.25, 0.3) is 11.1 Å². The molecule has 0 radical (unpaired) electrons. The maximum absolute atomic E-state index is 13.6. The molecule has 0 saturated heterocycles. The summed E-state index contributed by atoms with van der Waals surface area (Å²) in [5.41, 5.74) is 5.64. The van der Waals surface area contributed by atoms with E-state index in [1.807, 2.05) is 109 Å². The molecule has 63 heavy (non-hydrogen) atoms. The van der Waals surface area contributed by atoms with Gasteiger partial charge in [0.1, 0.15) is 12.7 Å². The number of rotatable bonds is 10. The van der Waals surface area contributed by atoms with E-state index in [1.54, 1.807) is 41.5 Å². The Morgan fingerprint density at radius 3 is 1.59 bits per heavy atom. The molecule has 2 fully saturated rings. The van der Waals surface area contributed by atoms with Crippen LogP contribution in [0.1, 0.15) is 63.6 Å². The van der Waals surface area contributed by atoms with Gasteiger partial charge in [-0.2, -0.15) is 0 Å². The van der Waals surface area contributed by atoms with Crippen LogP contribution in [0.2, 0.25) is 5.82 Å². The summed E-state index contributed by atoms with van der Waals surface area (Å²) in [7, 11) is -1.04. The van der Waals surface area contributed by atoms with Crippen molar-refractivity contribution in [1.82, 2.24) is 29.5 Å². The van der Waals surface area contributed by atoms with Crippen molar-refractivity contribution >= 4 is 52.6 Å². The Kier molecular flexibility index (Phi) is 12.9. The first-order chi connectivity index (χ1) is 30.8. The van der Waals surface area contributed by atoms with Crippen LogP contribution >= 0.6 is 0 Å². The quantitative estimate of drug-likeness (QED) is 0.0691. The van der Waals surface area contributed by atoms with Gasteiger partial charge in [-0.05, 0) is 66.2 Å². The minimum absolute atomic E-state index is 0.119. The Morgan fingerprint density at radius 2 is 1.08 bits per heavy atom. The molecule has 0 bridgehead atoms. The summed E-state index contributed by atoms with van der Waals surface area (Å²) in [5.74, 6) is -0.474. The van der Waals surface area contributed by atoms with Crippen LogP contribution in [-0.4, -0.2) is 58.2 Å². The van der Waals surface area contributed by atoms with Gasteiger partial charge in [-0.1, -0.05) is 110 Å². The Morgan fingerprint density at radius 1 is 0.603 bits per heavy atom. The van der Waals surface area contributed by atoms with E-state index in [9.17, 15) is 19.2 Å². The molecule has 310 valence electrons. The first-order valence-electron chi connectivity index (χ1n) is 20.5. The lowest BCUT2D eigenvalue weighted by Crippen LogP contribution is -2.27. The summed E-state index contributed by atoms with van der Waals surface area (Å²) in [4.78, 5) is 71.2. The van der Waals surface area contributed by atoms with Crippen LogP contribution < -0.4 is 11.1 Å². The van der Waals surface area contributed by atoms with Gasteiger partial charge in [-0.25, -0.2) is 19.9 Å². The first-order valence-corrected chi connectivity index (χ1v) is 20.5. The lowest BCUT2D eigenvalue weighted by Gasteiger charge is -2.17. The summed E-state index contributed by atoms with van der Waals surface area (Å²) < 4.78 is 1.80. The molecule has 0 atom stereocenters. The number of hydrogen-bond acceptors (Lipinski definition) is 10. The average Bonchev–Trinajstić information content (AvgIpc) is 4.27. The van der Waals surface area contributed by atoms with E-state index in [2.05, 4.69) is 24.9 Å². The number of carbonyl (C=O) groups is 2. The third-order valence-electron chi connectivity index (χ3n) is 10.6. The largest absolute Gasteiger partial charge is 0.454 e. The van der Waals surface area contributed by atoms with Crippen LogP contribution in [0.5, 0.6) is 0 Å². The van der Waals surface area contributed by atoms with E-state index in [-0.39, 0.29) is 40.1 Å². The molecule has 0 amide bonds. The predicted molar refractivity (Wildman–Crippen MR) is 246 cm³/mol. The minimum Gasteiger partial charge on any atom is -0.427 e. The Bertz CT molecular complexity index is 3080. The Labute approximate surface area is 362 Å². The monoisotopic (exact) mass is 832 g/mol. The number of carbonyl (C=O) groups excluding carboxylic acids is 2. The zero-order chi connectivity index (χ0) is 43.7. The van der Waals surface area contributed by atoms with Crippen molar-refractivity contribution in [2.45, 2.75) is 37.5 Å². The molecule has 3 N–H and O–H groups in total. The number of nitrogens with zero attached hydrogens (tertiary/aromatic N) is 5. The maximum atomic E-state index is 13.6. The minimum atomic E-state index is -1.04. The average molecular weight is 833 g/mol. The van der Waals surface area contributed by atoms with Gasteiger partial charge < -0.3 is 19.6 Å². The van der Waals surface area contributed by atoms with E-state index in [0.29, 0.717) is 27.8 Å². The van der Waals surface area contributed by atoms with Gasteiger partial charge >= 0.3 is 7.12 Å². The Balaban J connectivity index is 0.000000153. The van der Waals surface area contributed by atoms with Crippen molar-refractivity contribution in [3.63, 3.8) is 0 Å². The van der Waals surface area contributed by atoms with Gasteiger partial charge in [-0.15, -0.1) is 0 Å². The van der Waals surface area contributed by atoms with Crippen molar-refractivity contribution in [3.8, 4) is 22.3 Å². The van der Waals surface area contributed by atoms with Crippen LogP contribution in [0.25, 0.3) is 56.2 Å². The zero-order valence-electron chi connectivity index (χ0n) is 34.0. The molecule has 2 saturated carbocycles. The smallest absolute Gasteiger partial charge is 0.427 e. The molecule has 4 aromatic carbocycles. The Hall–Kier alpha value is -7.74. The van der Waals surface area contributed by atoms with Crippen molar-refractivity contribution in [1.29, 1.82) is 0 Å². The van der Waals surface area contributed by atoms with Crippen LogP contribution in [-0.2, 0) is 0 Å². The van der Waals surface area contributed by atoms with E-state index in [1.165, 1.54) is 24.8 Å². The highest BCUT2D eigenvalue weighted by molar-refractivity contribution is 6.44. The highest BCUT2D eigenvalue weighted by Gasteiger charge is 2.33. The molecular formula is C50H41BN6O6. The molecule has 2 aliphatic rings. The molecule has 4 heterocycles. The summed E-state index contributed by atoms with van der Waals surface area (Å²) in [6.07, 6.45) is 19.3. The number of aromatic amines is 1. The second-order valence-electron chi connectivity index (χ2n) is 15.1. The van der Waals surface area contributed by atoms with Crippen molar-refractivity contribution in [3.05, 3.63) is 202 Å². The summed E-state index contributed by atoms with van der Waals surface area (Å²) >= 11 is 0. The predicted octanol–water partition coefficient (Wildman–Crippen LogP) is 8.19. The van der Waals surface area contributed by atoms with Gasteiger partial charge in [-0.3, -0.25) is 19.2 Å². The number of fused-ring (bicyclic) bond motifs is 2. The van der Waals surface area contributed by atoms with Gasteiger partial charge in [0.2, 0.25) is 0 Å². The number of H-pyrrole nitrogens is 1. The SMILES string of the molecule is O=C(/C=C/c1cncnc1)c1c(-c2ccccc2)c2ccccc2[nH]c1=O.O=C(/C=C/c1cncnc1)c1c(-c2ccccc2)c2ccccc2n(C2CC2)c1=O.OB(O)C1CC1. The number of benzene rings is 4. The molecule has 12 nitrogen and oxygen atoms in total. The highest BCUT2D eigenvalue weighted by Crippen LogP contribution is 2.39. The molecule has 0 spiro atoms. The van der Waals surface area contributed by atoms with Crippen LogP contribution in [0.3, 0.4) is 0 Å². The number of hydrogen-bond donors (Lipinski definition) is 3. The molecular weight excluding hydrogens is 791 g/mol. The molecule has 2 aliphatic carbocycles. The lowest BCUT2D eigenvalue weighted by molar-refractivity contribution is 0.103. The fourth-order valence-electron chi connectivity index (χ4n) is 7.28. The first kappa shape index (κ1) is 42.0. The van der Waals surface area contributed by atoms with E-state index in [0.717, 1.165) is 53.1 Å². The van der Waals surface area contributed by atoms with E-state index >= 15 is 0 Å². The fourth-order valence-corrected chi connectivity index (χ4v) is 7.28. The molecule has 0 unspecified atom stereocenters. The second kappa shape index (κ2) is 19.3. The number of allylic oxidation sites excluding steroid dienone is 2. The fraction of sp³-hybridized carbons (Fsp3) is 0.120. The maximum Gasteiger partial charge on any atom is 0.454 e. The zero-order valence-corrected chi connectivity index (χ0v) is 34.0. The number of aromatic nitrogens is 6. The number of pyridine rings is 2. The normalized spacial score (nSPS) is 13.3. The van der Waals surface area contributed by atoms with Crippen molar-refractivity contribution < 1.29 is 19.6 Å². The van der Waals surface area contributed by atoms with Crippen LogP contribution in [0.4, 0.5) is 0 Å². The topological polar surface area (TPSA) is 181 Å². The van der Waals surface area contributed by atoms with Crippen molar-refractivity contribution in [2.24, 2.45) is 0 Å². The van der Waals surface area contributed by atoms with E-state index < -0.39 is 12.7 Å². The number of nitrogens with one attached hydrogen (secondary N) is 1. The molecule has 8 aromatic rings. The van der Waals surface area contributed by atoms with Crippen molar-refractivity contribution in [2.75, 3.05) is 0 Å². The summed E-state index contributed by atoms with van der Waals surface area (Å²) in [5, 5.41) is 18.2. The van der Waals surface area contributed by atoms with Crippen LogP contribution in [0, 0.1) is 0 Å². The molecule has 0 aliphatic heterocycles. The number of ketones is 2. The standard InChI is InChI=1S/C25H19N3O2.C22H15N3O2.C3H7BO2/c29-22(13-10-17-14-26-16-27-15-17)24-23(18-6-2-1-3-7-18)20-8-4-5-9-21(20)28(25(24)30)19-11-12-19;26-19(11-10-15-12-23-14-24-13-15)21-20(16-6-2-1-3-7-16)17-8-4-5-9-18(17)25-22(21)27;5-4(6)3-1-2-3/h1-10,13-16,19H,11-12H2;1-14H,(H,25,27);3,5-6H,1-2H2/b13-10+;11-10+;.